The molecule has 208 valence electrons. The van der Waals surface area contributed by atoms with Crippen LogP contribution in [0.2, 0.25) is 0 Å². The lowest BCUT2D eigenvalue weighted by atomic mass is 9.97. The van der Waals surface area contributed by atoms with Crippen molar-refractivity contribution >= 4 is 28.3 Å². The number of methoxy groups -OCH3 is 1. The summed E-state index contributed by atoms with van der Waals surface area (Å²) in [6.45, 7) is 5.99. The lowest BCUT2D eigenvalue weighted by molar-refractivity contribution is -0.128. The third-order valence-electron chi connectivity index (χ3n) is 7.94. The number of ether oxygens (including phenoxy) is 1. The van der Waals surface area contributed by atoms with Crippen molar-refractivity contribution in [2.24, 2.45) is 0 Å². The number of aromatic nitrogens is 1. The summed E-state index contributed by atoms with van der Waals surface area (Å²) in [6.07, 6.45) is 1.95. The molecule has 5 rings (SSSR count). The van der Waals surface area contributed by atoms with Crippen molar-refractivity contribution in [2.75, 3.05) is 19.1 Å². The number of nitrogens with one attached hydrogen (secondary N) is 2. The van der Waals surface area contributed by atoms with Gasteiger partial charge in [-0.3, -0.25) is 9.59 Å². The van der Waals surface area contributed by atoms with Crippen molar-refractivity contribution < 1.29 is 18.8 Å². The highest BCUT2D eigenvalue weighted by Gasteiger charge is 2.33. The Hall–Kier alpha value is -4.17. The van der Waals surface area contributed by atoms with Crippen molar-refractivity contribution in [3.05, 3.63) is 88.3 Å². The quantitative estimate of drug-likeness (QED) is 0.339. The van der Waals surface area contributed by atoms with Crippen molar-refractivity contribution in [1.29, 1.82) is 0 Å². The van der Waals surface area contributed by atoms with E-state index in [1.54, 1.807) is 26.0 Å². The Morgan fingerprint density at radius 1 is 1.15 bits per heavy atom. The highest BCUT2D eigenvalue weighted by molar-refractivity contribution is 6.01. The van der Waals surface area contributed by atoms with Crippen LogP contribution in [0.1, 0.15) is 47.1 Å². The molecule has 0 aliphatic carbocycles. The first-order chi connectivity index (χ1) is 19.3. The Kier molecular flexibility index (Phi) is 7.89. The number of rotatable bonds is 8. The van der Waals surface area contributed by atoms with E-state index in [-0.39, 0.29) is 11.8 Å². The fourth-order valence-electron chi connectivity index (χ4n) is 5.45. The predicted molar refractivity (Wildman–Crippen MR) is 156 cm³/mol. The SMILES string of the molecule is CN[C@@H](C)C(=O)NC1CCc2ccccc2N(Cc2c(OC)ccc3cc(Cc4c(C)noc4C)ccc23)C1=O. The summed E-state index contributed by atoms with van der Waals surface area (Å²) in [7, 11) is 3.38. The van der Waals surface area contributed by atoms with Crippen LogP contribution in [0.25, 0.3) is 10.8 Å². The Bertz CT molecular complexity index is 1540. The molecule has 0 saturated carbocycles. The van der Waals surface area contributed by atoms with Gasteiger partial charge in [0.1, 0.15) is 17.6 Å². The van der Waals surface area contributed by atoms with Crippen LogP contribution in [0.15, 0.2) is 59.1 Å². The van der Waals surface area contributed by atoms with Crippen LogP contribution in [0.3, 0.4) is 0 Å². The van der Waals surface area contributed by atoms with Gasteiger partial charge in [-0.1, -0.05) is 47.6 Å². The molecule has 2 heterocycles. The van der Waals surface area contributed by atoms with E-state index in [1.807, 2.05) is 38.1 Å². The second-order valence-electron chi connectivity index (χ2n) is 10.4. The van der Waals surface area contributed by atoms with Gasteiger partial charge in [-0.05, 0) is 74.7 Å². The number of aryl methyl sites for hydroxylation is 3. The Balaban J connectivity index is 1.53. The maximum absolute atomic E-state index is 14.0. The molecule has 0 saturated heterocycles. The number of para-hydroxylation sites is 1. The van der Waals surface area contributed by atoms with Crippen LogP contribution in [-0.4, -0.2) is 43.2 Å². The van der Waals surface area contributed by atoms with Crippen LogP contribution in [0, 0.1) is 13.8 Å². The lowest BCUT2D eigenvalue weighted by Crippen LogP contribution is -2.52. The van der Waals surface area contributed by atoms with E-state index in [2.05, 4.69) is 46.1 Å². The number of carbonyl (C=O) groups excluding carboxylic acids is 2. The van der Waals surface area contributed by atoms with Crippen molar-refractivity contribution in [1.82, 2.24) is 15.8 Å². The van der Waals surface area contributed by atoms with Crippen LogP contribution in [-0.2, 0) is 29.0 Å². The van der Waals surface area contributed by atoms with Gasteiger partial charge >= 0.3 is 0 Å². The molecule has 0 spiro atoms. The Labute approximate surface area is 234 Å². The van der Waals surface area contributed by atoms with E-state index < -0.39 is 12.1 Å². The Morgan fingerprint density at radius 2 is 1.95 bits per heavy atom. The van der Waals surface area contributed by atoms with Gasteiger partial charge in [0.15, 0.2) is 0 Å². The molecule has 0 fully saturated rings. The molecule has 2 N–H and O–H groups in total. The second kappa shape index (κ2) is 11.5. The average Bonchev–Trinajstić information content (AvgIpc) is 3.22. The number of anilines is 1. The minimum atomic E-state index is -0.627. The third-order valence-corrected chi connectivity index (χ3v) is 7.94. The molecule has 1 aliphatic heterocycles. The molecule has 0 radical (unpaired) electrons. The van der Waals surface area contributed by atoms with Gasteiger partial charge in [0, 0.05) is 23.2 Å². The molecule has 40 heavy (non-hydrogen) atoms. The van der Waals surface area contributed by atoms with Gasteiger partial charge < -0.3 is 24.8 Å². The summed E-state index contributed by atoms with van der Waals surface area (Å²) >= 11 is 0. The van der Waals surface area contributed by atoms with Crippen LogP contribution in [0.5, 0.6) is 5.75 Å². The first-order valence-corrected chi connectivity index (χ1v) is 13.7. The molecule has 2 atom stereocenters. The van der Waals surface area contributed by atoms with Gasteiger partial charge in [-0.15, -0.1) is 0 Å². The van der Waals surface area contributed by atoms with Crippen molar-refractivity contribution in [3.8, 4) is 5.75 Å². The van der Waals surface area contributed by atoms with Gasteiger partial charge in [-0.2, -0.15) is 0 Å². The minimum absolute atomic E-state index is 0.129. The summed E-state index contributed by atoms with van der Waals surface area (Å²) in [5.41, 5.74) is 6.01. The number of nitrogens with zero attached hydrogens (tertiary/aromatic N) is 2. The maximum Gasteiger partial charge on any atom is 0.249 e. The lowest BCUT2D eigenvalue weighted by Gasteiger charge is -2.28. The molecule has 0 bridgehead atoms. The van der Waals surface area contributed by atoms with Crippen molar-refractivity contribution in [3.63, 3.8) is 0 Å². The molecule has 1 unspecified atom stereocenters. The van der Waals surface area contributed by atoms with Gasteiger partial charge in [0.25, 0.3) is 0 Å². The van der Waals surface area contributed by atoms with Crippen molar-refractivity contribution in [2.45, 2.75) is 58.7 Å². The van der Waals surface area contributed by atoms with Crippen LogP contribution in [0.4, 0.5) is 5.69 Å². The molecular formula is C32H36N4O4. The molecule has 4 aromatic rings. The van der Waals surface area contributed by atoms with Gasteiger partial charge in [-0.25, -0.2) is 0 Å². The zero-order chi connectivity index (χ0) is 28.4. The molecule has 3 aromatic carbocycles. The number of benzene rings is 3. The number of hydrogen-bond acceptors (Lipinski definition) is 6. The monoisotopic (exact) mass is 540 g/mol. The third kappa shape index (κ3) is 5.31. The second-order valence-corrected chi connectivity index (χ2v) is 10.4. The van der Waals surface area contributed by atoms with E-state index >= 15 is 0 Å². The van der Waals surface area contributed by atoms with Crippen LogP contribution < -0.4 is 20.3 Å². The van der Waals surface area contributed by atoms with E-state index in [1.165, 1.54) is 0 Å². The van der Waals surface area contributed by atoms with E-state index in [9.17, 15) is 9.59 Å². The summed E-state index contributed by atoms with van der Waals surface area (Å²) < 4.78 is 11.2. The zero-order valence-electron chi connectivity index (χ0n) is 23.7. The highest BCUT2D eigenvalue weighted by Crippen LogP contribution is 2.35. The molecule has 8 nitrogen and oxygen atoms in total. The molecular weight excluding hydrogens is 504 g/mol. The summed E-state index contributed by atoms with van der Waals surface area (Å²) in [5, 5.41) is 12.1. The fraction of sp³-hybridized carbons (Fsp3) is 0.344. The van der Waals surface area contributed by atoms with Gasteiger partial charge in [0.2, 0.25) is 11.8 Å². The molecule has 1 aromatic heterocycles. The average molecular weight is 541 g/mol. The summed E-state index contributed by atoms with van der Waals surface area (Å²) in [6, 6.07) is 17.3. The fourth-order valence-corrected chi connectivity index (χ4v) is 5.45. The number of likely N-dealkylation sites (N-methyl/N-ethyl adjacent to an activating group) is 1. The molecule has 1 aliphatic rings. The number of fused-ring (bicyclic) bond motifs is 2. The largest absolute Gasteiger partial charge is 0.496 e. The molecule has 8 heteroatoms. The minimum Gasteiger partial charge on any atom is -0.496 e. The number of carbonyl (C=O) groups is 2. The van der Waals surface area contributed by atoms with E-state index in [0.717, 1.165) is 56.6 Å². The Morgan fingerprint density at radius 3 is 2.67 bits per heavy atom. The van der Waals surface area contributed by atoms with Crippen LogP contribution >= 0.6 is 0 Å². The number of amides is 2. The zero-order valence-corrected chi connectivity index (χ0v) is 23.7. The standard InChI is InChI=1S/C32H36N4O4/c1-19-26(21(3)40-35-19)17-22-10-13-25-24(16-22)12-15-30(39-5)27(25)18-36-29-9-7-6-8-23(29)11-14-28(32(36)38)34-31(37)20(2)33-4/h6-10,12-13,15-16,20,28,33H,11,14,17-18H2,1-5H3,(H,34,37)/t20-,28?/m0/s1. The topological polar surface area (TPSA) is 96.7 Å². The predicted octanol–water partition coefficient (Wildman–Crippen LogP) is 4.62. The maximum atomic E-state index is 14.0. The summed E-state index contributed by atoms with van der Waals surface area (Å²) in [4.78, 5) is 28.6. The summed E-state index contributed by atoms with van der Waals surface area (Å²) in [5.74, 6) is 1.22. The van der Waals surface area contributed by atoms with Gasteiger partial charge in [0.05, 0.1) is 25.4 Å². The van der Waals surface area contributed by atoms with E-state index in [4.69, 9.17) is 9.26 Å². The first kappa shape index (κ1) is 27.4. The smallest absolute Gasteiger partial charge is 0.249 e. The van der Waals surface area contributed by atoms with E-state index in [0.29, 0.717) is 25.1 Å². The number of hydrogen-bond donors (Lipinski definition) is 2. The highest BCUT2D eigenvalue weighted by atomic mass is 16.5. The normalized spacial score (nSPS) is 16.0. The first-order valence-electron chi connectivity index (χ1n) is 13.7. The molecule has 2 amide bonds.